The first-order valence-corrected chi connectivity index (χ1v) is 10.9. The standard InChI is InChI=1S/C24H29FN4O2/c1-18(30)29-22-6-3-2-5-19(22)17-23(29)24(31)26-11-4-12-27-13-15-28(16-14-27)21-9-7-20(25)8-10-21/h2-3,5-10,23H,4,11-17H2,1H3,(H,26,31)/t23-/m1/s1. The highest BCUT2D eigenvalue weighted by Gasteiger charge is 2.36. The Kier molecular flexibility index (Phi) is 6.51. The molecule has 0 saturated carbocycles. The number of anilines is 2. The molecule has 2 aromatic carbocycles. The van der Waals surface area contributed by atoms with Crippen molar-refractivity contribution in [1.29, 1.82) is 0 Å². The fourth-order valence-corrected chi connectivity index (χ4v) is 4.50. The molecule has 2 aliphatic rings. The third-order valence-electron chi connectivity index (χ3n) is 6.13. The quantitative estimate of drug-likeness (QED) is 0.724. The average Bonchev–Trinajstić information content (AvgIpc) is 3.18. The van der Waals surface area contributed by atoms with Crippen LogP contribution >= 0.6 is 0 Å². The van der Waals surface area contributed by atoms with Crippen LogP contribution in [0.25, 0.3) is 0 Å². The summed E-state index contributed by atoms with van der Waals surface area (Å²) in [5.74, 6) is -0.408. The monoisotopic (exact) mass is 424 g/mol. The Labute approximate surface area is 182 Å². The molecule has 1 saturated heterocycles. The van der Waals surface area contributed by atoms with Crippen LogP contribution in [0.2, 0.25) is 0 Å². The number of nitrogens with zero attached hydrogens (tertiary/aromatic N) is 3. The summed E-state index contributed by atoms with van der Waals surface area (Å²) in [6, 6.07) is 13.9. The van der Waals surface area contributed by atoms with Crippen molar-refractivity contribution in [2.45, 2.75) is 25.8 Å². The van der Waals surface area contributed by atoms with Gasteiger partial charge in [0.2, 0.25) is 11.8 Å². The van der Waals surface area contributed by atoms with E-state index in [4.69, 9.17) is 0 Å². The van der Waals surface area contributed by atoms with Crippen molar-refractivity contribution < 1.29 is 14.0 Å². The van der Waals surface area contributed by atoms with Gasteiger partial charge >= 0.3 is 0 Å². The van der Waals surface area contributed by atoms with E-state index in [9.17, 15) is 14.0 Å². The number of hydrogen-bond acceptors (Lipinski definition) is 4. The summed E-state index contributed by atoms with van der Waals surface area (Å²) < 4.78 is 13.1. The molecule has 2 heterocycles. The van der Waals surface area contributed by atoms with E-state index >= 15 is 0 Å². The van der Waals surface area contributed by atoms with E-state index in [-0.39, 0.29) is 17.6 Å². The zero-order chi connectivity index (χ0) is 21.8. The SMILES string of the molecule is CC(=O)N1c2ccccc2C[C@@H]1C(=O)NCCCN1CCN(c2ccc(F)cc2)CC1. The van der Waals surface area contributed by atoms with Gasteiger partial charge in [-0.1, -0.05) is 18.2 Å². The zero-order valence-corrected chi connectivity index (χ0v) is 17.9. The van der Waals surface area contributed by atoms with Gasteiger partial charge in [-0.3, -0.25) is 19.4 Å². The first kappa shape index (κ1) is 21.3. The lowest BCUT2D eigenvalue weighted by Crippen LogP contribution is -2.48. The van der Waals surface area contributed by atoms with Gasteiger partial charge < -0.3 is 10.2 Å². The maximum Gasteiger partial charge on any atom is 0.243 e. The fraction of sp³-hybridized carbons (Fsp3) is 0.417. The molecule has 1 atom stereocenters. The molecule has 4 rings (SSSR count). The van der Waals surface area contributed by atoms with Crippen LogP contribution in [0, 0.1) is 5.82 Å². The highest BCUT2D eigenvalue weighted by molar-refractivity contribution is 6.02. The molecule has 0 spiro atoms. The number of fused-ring (bicyclic) bond motifs is 1. The predicted octanol–water partition coefficient (Wildman–Crippen LogP) is 2.43. The molecule has 2 amide bonds. The number of carbonyl (C=O) groups is 2. The van der Waals surface area contributed by atoms with E-state index in [2.05, 4.69) is 15.1 Å². The van der Waals surface area contributed by atoms with Crippen LogP contribution < -0.4 is 15.1 Å². The van der Waals surface area contributed by atoms with Crippen molar-refractivity contribution in [3.05, 3.63) is 59.9 Å². The van der Waals surface area contributed by atoms with Crippen LogP contribution in [-0.2, 0) is 16.0 Å². The molecule has 0 aliphatic carbocycles. The van der Waals surface area contributed by atoms with Crippen LogP contribution in [-0.4, -0.2) is 62.0 Å². The van der Waals surface area contributed by atoms with E-state index < -0.39 is 6.04 Å². The van der Waals surface area contributed by atoms with Gasteiger partial charge in [-0.25, -0.2) is 4.39 Å². The predicted molar refractivity (Wildman–Crippen MR) is 120 cm³/mol. The topological polar surface area (TPSA) is 55.9 Å². The number of carbonyl (C=O) groups excluding carboxylic acids is 2. The van der Waals surface area contributed by atoms with Gasteiger partial charge in [0.05, 0.1) is 0 Å². The molecule has 2 aliphatic heterocycles. The smallest absolute Gasteiger partial charge is 0.243 e. The molecule has 6 nitrogen and oxygen atoms in total. The van der Waals surface area contributed by atoms with Crippen molar-refractivity contribution in [3.63, 3.8) is 0 Å². The Hall–Kier alpha value is -2.93. The molecular weight excluding hydrogens is 395 g/mol. The lowest BCUT2D eigenvalue weighted by Gasteiger charge is -2.36. The van der Waals surface area contributed by atoms with Crippen LogP contribution in [0.3, 0.4) is 0 Å². The second kappa shape index (κ2) is 9.47. The summed E-state index contributed by atoms with van der Waals surface area (Å²) in [5, 5.41) is 3.02. The van der Waals surface area contributed by atoms with Gasteiger partial charge in [-0.2, -0.15) is 0 Å². The molecule has 7 heteroatoms. The number of piperazine rings is 1. The van der Waals surface area contributed by atoms with Crippen LogP contribution in [0.4, 0.5) is 15.8 Å². The van der Waals surface area contributed by atoms with Crippen molar-refractivity contribution in [1.82, 2.24) is 10.2 Å². The Morgan fingerprint density at radius 1 is 1.03 bits per heavy atom. The second-order valence-corrected chi connectivity index (χ2v) is 8.19. The molecule has 0 radical (unpaired) electrons. The molecule has 1 fully saturated rings. The average molecular weight is 425 g/mol. The Morgan fingerprint density at radius 2 is 1.74 bits per heavy atom. The second-order valence-electron chi connectivity index (χ2n) is 8.19. The third-order valence-corrected chi connectivity index (χ3v) is 6.13. The van der Waals surface area contributed by atoms with Gasteiger partial charge in [0.25, 0.3) is 0 Å². The molecule has 0 bridgehead atoms. The van der Waals surface area contributed by atoms with Crippen LogP contribution in [0.15, 0.2) is 48.5 Å². The largest absolute Gasteiger partial charge is 0.369 e. The normalized spacial score (nSPS) is 18.7. The summed E-state index contributed by atoms with van der Waals surface area (Å²) in [5.41, 5.74) is 2.94. The molecule has 2 aromatic rings. The van der Waals surface area contributed by atoms with Crippen LogP contribution in [0.5, 0.6) is 0 Å². The highest BCUT2D eigenvalue weighted by atomic mass is 19.1. The van der Waals surface area contributed by atoms with E-state index in [1.807, 2.05) is 36.4 Å². The Bertz CT molecular complexity index is 925. The molecular formula is C24H29FN4O2. The third kappa shape index (κ3) is 4.88. The zero-order valence-electron chi connectivity index (χ0n) is 17.9. The Balaban J connectivity index is 1.20. The minimum Gasteiger partial charge on any atom is -0.369 e. The number of nitrogens with one attached hydrogen (secondary N) is 1. The summed E-state index contributed by atoms with van der Waals surface area (Å²) >= 11 is 0. The molecule has 0 unspecified atom stereocenters. The van der Waals surface area contributed by atoms with Crippen molar-refractivity contribution in [2.75, 3.05) is 49.1 Å². The lowest BCUT2D eigenvalue weighted by molar-refractivity contribution is -0.125. The van der Waals surface area contributed by atoms with E-state index in [1.165, 1.54) is 19.1 Å². The van der Waals surface area contributed by atoms with E-state index in [1.54, 1.807) is 4.90 Å². The van der Waals surface area contributed by atoms with Gasteiger partial charge in [0.1, 0.15) is 11.9 Å². The fourth-order valence-electron chi connectivity index (χ4n) is 4.50. The summed E-state index contributed by atoms with van der Waals surface area (Å²) in [7, 11) is 0. The van der Waals surface area contributed by atoms with Crippen molar-refractivity contribution in [2.24, 2.45) is 0 Å². The van der Waals surface area contributed by atoms with E-state index in [0.717, 1.165) is 56.1 Å². The number of para-hydroxylation sites is 1. The van der Waals surface area contributed by atoms with Crippen molar-refractivity contribution >= 4 is 23.2 Å². The summed E-state index contributed by atoms with van der Waals surface area (Å²) in [6.45, 7) is 6.73. The van der Waals surface area contributed by atoms with Crippen molar-refractivity contribution in [3.8, 4) is 0 Å². The molecule has 1 N–H and O–H groups in total. The minimum atomic E-state index is -0.464. The minimum absolute atomic E-state index is 0.0903. The molecule has 164 valence electrons. The first-order chi connectivity index (χ1) is 15.0. The van der Waals surface area contributed by atoms with E-state index in [0.29, 0.717) is 13.0 Å². The molecule has 31 heavy (non-hydrogen) atoms. The van der Waals surface area contributed by atoms with Gasteiger partial charge in [-0.15, -0.1) is 0 Å². The van der Waals surface area contributed by atoms with Gasteiger partial charge in [0.15, 0.2) is 0 Å². The maximum atomic E-state index is 13.1. The number of amides is 2. The number of hydrogen-bond donors (Lipinski definition) is 1. The number of halogens is 1. The number of benzene rings is 2. The van der Waals surface area contributed by atoms with Crippen LogP contribution in [0.1, 0.15) is 18.9 Å². The lowest BCUT2D eigenvalue weighted by atomic mass is 10.1. The summed E-state index contributed by atoms with van der Waals surface area (Å²) in [4.78, 5) is 31.1. The summed E-state index contributed by atoms with van der Waals surface area (Å²) in [6.07, 6.45) is 1.43. The van der Waals surface area contributed by atoms with Gasteiger partial charge in [0, 0.05) is 57.4 Å². The molecule has 0 aromatic heterocycles. The number of rotatable bonds is 6. The Morgan fingerprint density at radius 3 is 2.45 bits per heavy atom. The van der Waals surface area contributed by atoms with Gasteiger partial charge in [-0.05, 0) is 48.9 Å². The first-order valence-electron chi connectivity index (χ1n) is 10.9. The highest BCUT2D eigenvalue weighted by Crippen LogP contribution is 2.32. The maximum absolute atomic E-state index is 13.1.